The van der Waals surface area contributed by atoms with Gasteiger partial charge < -0.3 is 10.0 Å². The van der Waals surface area contributed by atoms with Crippen LogP contribution in [0.5, 0.6) is 0 Å². The normalized spacial score (nSPS) is 16.1. The van der Waals surface area contributed by atoms with Crippen molar-refractivity contribution < 1.29 is 5.11 Å². The third-order valence-electron chi connectivity index (χ3n) is 3.77. The Hall–Kier alpha value is -1.05. The van der Waals surface area contributed by atoms with E-state index in [1.807, 2.05) is 18.2 Å². The van der Waals surface area contributed by atoms with Gasteiger partial charge >= 0.3 is 0 Å². The molecule has 1 aliphatic carbocycles. The van der Waals surface area contributed by atoms with E-state index in [1.54, 1.807) is 0 Å². The molecule has 1 fully saturated rings. The zero-order valence-electron chi connectivity index (χ0n) is 11.0. The second-order valence-electron chi connectivity index (χ2n) is 4.95. The third kappa shape index (κ3) is 3.29. The van der Waals surface area contributed by atoms with Crippen molar-refractivity contribution in [1.29, 1.82) is 5.26 Å². The number of anilines is 1. The largest absolute Gasteiger partial charge is 0.395 e. The first-order valence-corrected chi connectivity index (χ1v) is 7.63. The van der Waals surface area contributed by atoms with E-state index in [4.69, 9.17) is 0 Å². The summed E-state index contributed by atoms with van der Waals surface area (Å²) in [7, 11) is 0. The van der Waals surface area contributed by atoms with Gasteiger partial charge in [0.25, 0.3) is 0 Å². The second kappa shape index (κ2) is 6.93. The predicted molar refractivity (Wildman–Crippen MR) is 80.2 cm³/mol. The Kier molecular flexibility index (Phi) is 5.24. The van der Waals surface area contributed by atoms with Gasteiger partial charge in [-0.1, -0.05) is 25.3 Å². The lowest BCUT2D eigenvalue weighted by molar-refractivity contribution is 0.290. The van der Waals surface area contributed by atoms with Crippen LogP contribution in [-0.4, -0.2) is 24.3 Å². The Labute approximate surface area is 123 Å². The van der Waals surface area contributed by atoms with E-state index >= 15 is 0 Å². The molecule has 0 radical (unpaired) electrons. The molecule has 19 heavy (non-hydrogen) atoms. The van der Waals surface area contributed by atoms with Crippen LogP contribution in [0.4, 0.5) is 5.69 Å². The zero-order valence-corrected chi connectivity index (χ0v) is 12.6. The maximum atomic E-state index is 9.35. The molecule has 0 amide bonds. The Balaban J connectivity index is 2.33. The van der Waals surface area contributed by atoms with Crippen LogP contribution in [0.2, 0.25) is 0 Å². The van der Waals surface area contributed by atoms with Crippen molar-refractivity contribution in [2.45, 2.75) is 38.1 Å². The van der Waals surface area contributed by atoms with Gasteiger partial charge in [-0.25, -0.2) is 0 Å². The van der Waals surface area contributed by atoms with Crippen molar-refractivity contribution in [3.63, 3.8) is 0 Å². The van der Waals surface area contributed by atoms with Crippen LogP contribution in [0.1, 0.15) is 37.7 Å². The van der Waals surface area contributed by atoms with Crippen molar-refractivity contribution >= 4 is 21.6 Å². The minimum Gasteiger partial charge on any atom is -0.395 e. The molecule has 0 aromatic heterocycles. The van der Waals surface area contributed by atoms with Crippen molar-refractivity contribution in [3.05, 3.63) is 28.2 Å². The lowest BCUT2D eigenvalue weighted by atomic mass is 9.93. The van der Waals surface area contributed by atoms with Crippen molar-refractivity contribution in [3.8, 4) is 6.07 Å². The van der Waals surface area contributed by atoms with Crippen LogP contribution in [0.3, 0.4) is 0 Å². The van der Waals surface area contributed by atoms with E-state index in [-0.39, 0.29) is 6.61 Å². The number of benzene rings is 1. The number of rotatable bonds is 4. The summed E-state index contributed by atoms with van der Waals surface area (Å²) in [5.41, 5.74) is 1.61. The standard InChI is InChI=1S/C15H19BrN2O/c16-14-7-4-8-15(13(14)11-17)18(9-10-19)12-5-2-1-3-6-12/h4,7-8,12,19H,1-3,5-6,9-10H2. The minimum atomic E-state index is 0.119. The summed E-state index contributed by atoms with van der Waals surface area (Å²) in [6.45, 7) is 0.712. The van der Waals surface area contributed by atoms with E-state index in [0.29, 0.717) is 18.2 Å². The summed E-state index contributed by atoms with van der Waals surface area (Å²) in [5, 5.41) is 18.7. The second-order valence-corrected chi connectivity index (χ2v) is 5.81. The fraction of sp³-hybridized carbons (Fsp3) is 0.533. The lowest BCUT2D eigenvalue weighted by Gasteiger charge is -2.36. The molecular formula is C15H19BrN2O. The molecule has 0 aliphatic heterocycles. The van der Waals surface area contributed by atoms with Gasteiger partial charge in [-0.3, -0.25) is 0 Å². The molecule has 0 bridgehead atoms. The first-order valence-electron chi connectivity index (χ1n) is 6.84. The van der Waals surface area contributed by atoms with Gasteiger partial charge in [0.05, 0.1) is 17.9 Å². The SMILES string of the molecule is N#Cc1c(Br)cccc1N(CCO)C1CCCCC1. The van der Waals surface area contributed by atoms with Crippen LogP contribution in [0.15, 0.2) is 22.7 Å². The summed E-state index contributed by atoms with van der Waals surface area (Å²) >= 11 is 3.44. The zero-order chi connectivity index (χ0) is 13.7. The van der Waals surface area contributed by atoms with E-state index in [9.17, 15) is 10.4 Å². The van der Waals surface area contributed by atoms with Crippen LogP contribution in [0, 0.1) is 11.3 Å². The van der Waals surface area contributed by atoms with E-state index < -0.39 is 0 Å². The monoisotopic (exact) mass is 322 g/mol. The molecule has 1 aromatic rings. The molecular weight excluding hydrogens is 304 g/mol. The molecule has 0 saturated heterocycles. The van der Waals surface area contributed by atoms with E-state index in [2.05, 4.69) is 26.9 Å². The Bertz CT molecular complexity index is 464. The fourth-order valence-electron chi connectivity index (χ4n) is 2.86. The Morgan fingerprint density at radius 2 is 2.05 bits per heavy atom. The molecule has 3 nitrogen and oxygen atoms in total. The van der Waals surface area contributed by atoms with Crippen LogP contribution < -0.4 is 4.90 Å². The number of hydrogen-bond donors (Lipinski definition) is 1. The Morgan fingerprint density at radius 1 is 1.32 bits per heavy atom. The maximum absolute atomic E-state index is 9.35. The maximum Gasteiger partial charge on any atom is 0.103 e. The van der Waals surface area contributed by atoms with E-state index in [1.165, 1.54) is 19.3 Å². The van der Waals surface area contributed by atoms with Crippen molar-refractivity contribution in [2.75, 3.05) is 18.1 Å². The quantitative estimate of drug-likeness (QED) is 0.923. The molecule has 2 rings (SSSR count). The summed E-state index contributed by atoms with van der Waals surface area (Å²) in [6.07, 6.45) is 6.08. The summed E-state index contributed by atoms with van der Waals surface area (Å²) < 4.78 is 0.825. The molecule has 4 heteroatoms. The molecule has 1 aromatic carbocycles. The van der Waals surface area contributed by atoms with Gasteiger partial charge in [0.1, 0.15) is 6.07 Å². The smallest absolute Gasteiger partial charge is 0.103 e. The molecule has 1 aliphatic rings. The summed E-state index contributed by atoms with van der Waals surface area (Å²) in [5.74, 6) is 0. The third-order valence-corrected chi connectivity index (χ3v) is 4.43. The number of nitrogens with zero attached hydrogens (tertiary/aromatic N) is 2. The average molecular weight is 323 g/mol. The molecule has 0 spiro atoms. The summed E-state index contributed by atoms with van der Waals surface area (Å²) in [6, 6.07) is 8.54. The molecule has 1 saturated carbocycles. The van der Waals surface area contributed by atoms with Crippen molar-refractivity contribution in [1.82, 2.24) is 0 Å². The van der Waals surface area contributed by atoms with Crippen molar-refractivity contribution in [2.24, 2.45) is 0 Å². The molecule has 1 N–H and O–H groups in total. The van der Waals surface area contributed by atoms with Crippen LogP contribution >= 0.6 is 15.9 Å². The lowest BCUT2D eigenvalue weighted by Crippen LogP contribution is -2.39. The van der Waals surface area contributed by atoms with Gasteiger partial charge in [-0.15, -0.1) is 0 Å². The molecule has 0 unspecified atom stereocenters. The predicted octanol–water partition coefficient (Wildman–Crippen LogP) is 3.45. The van der Waals surface area contributed by atoms with E-state index in [0.717, 1.165) is 23.0 Å². The minimum absolute atomic E-state index is 0.119. The number of halogens is 1. The fourth-order valence-corrected chi connectivity index (χ4v) is 3.31. The highest BCUT2D eigenvalue weighted by Gasteiger charge is 2.23. The van der Waals surface area contributed by atoms with Gasteiger partial charge in [-0.2, -0.15) is 5.26 Å². The molecule has 0 atom stereocenters. The highest BCUT2D eigenvalue weighted by molar-refractivity contribution is 9.10. The number of hydrogen-bond acceptors (Lipinski definition) is 3. The Morgan fingerprint density at radius 3 is 2.68 bits per heavy atom. The number of aliphatic hydroxyl groups is 1. The number of aliphatic hydroxyl groups excluding tert-OH is 1. The van der Waals surface area contributed by atoms with Crippen LogP contribution in [-0.2, 0) is 0 Å². The van der Waals surface area contributed by atoms with Gasteiger partial charge in [-0.05, 0) is 40.9 Å². The first-order chi connectivity index (χ1) is 9.27. The van der Waals surface area contributed by atoms with Gasteiger partial charge in [0, 0.05) is 17.1 Å². The first kappa shape index (κ1) is 14.4. The summed E-state index contributed by atoms with van der Waals surface area (Å²) in [4.78, 5) is 2.21. The average Bonchev–Trinajstić information content (AvgIpc) is 2.45. The highest BCUT2D eigenvalue weighted by Crippen LogP contribution is 2.32. The highest BCUT2D eigenvalue weighted by atomic mass is 79.9. The van der Waals surface area contributed by atoms with Gasteiger partial charge in [0.15, 0.2) is 0 Å². The van der Waals surface area contributed by atoms with Gasteiger partial charge in [0.2, 0.25) is 0 Å². The molecule has 102 valence electrons. The number of nitriles is 1. The van der Waals surface area contributed by atoms with Crippen LogP contribution in [0.25, 0.3) is 0 Å². The topological polar surface area (TPSA) is 47.3 Å². The molecule has 0 heterocycles.